The number of nitrogens with two attached hydrogens (primary N) is 1. The fourth-order valence-electron chi connectivity index (χ4n) is 3.19. The van der Waals surface area contributed by atoms with Crippen LogP contribution in [-0.2, 0) is 19.1 Å². The summed E-state index contributed by atoms with van der Waals surface area (Å²) in [4.78, 5) is 51.0. The predicted octanol–water partition coefficient (Wildman–Crippen LogP) is 1.91. The Balaban J connectivity index is 2.09. The van der Waals surface area contributed by atoms with Crippen LogP contribution in [-0.4, -0.2) is 57.1 Å². The molecule has 0 heterocycles. The standard InChI is InChI=1S/C25H31N3O7/c1-16(2)23(27-24(31)17-12-19(33-3)14-20(13-17)34-4)25(32)35-15-22(30)28(11-10-21(26)29)18-8-6-5-7-9-18/h5-9,12-14,16,23H,10-11,15H2,1-4H3,(H2,26,29)(H,27,31)/t23-/m0/s1. The molecule has 0 bridgehead atoms. The van der Waals surface area contributed by atoms with Crippen molar-refractivity contribution in [2.45, 2.75) is 26.3 Å². The Hall–Kier alpha value is -4.08. The second kappa shape index (κ2) is 13.0. The van der Waals surface area contributed by atoms with Gasteiger partial charge < -0.3 is 30.2 Å². The van der Waals surface area contributed by atoms with E-state index in [1.165, 1.54) is 31.3 Å². The Morgan fingerprint density at radius 1 is 0.971 bits per heavy atom. The molecule has 35 heavy (non-hydrogen) atoms. The number of amides is 3. The minimum atomic E-state index is -1.01. The topological polar surface area (TPSA) is 137 Å². The fraction of sp³-hybridized carbons (Fsp3) is 0.360. The quantitative estimate of drug-likeness (QED) is 0.438. The summed E-state index contributed by atoms with van der Waals surface area (Å²) in [5.41, 5.74) is 6.00. The molecule has 0 unspecified atom stereocenters. The minimum absolute atomic E-state index is 0.0394. The van der Waals surface area contributed by atoms with Crippen molar-refractivity contribution in [1.29, 1.82) is 0 Å². The number of para-hydroxylation sites is 1. The molecule has 0 aliphatic heterocycles. The first-order valence-corrected chi connectivity index (χ1v) is 11.0. The van der Waals surface area contributed by atoms with Crippen LogP contribution in [0.25, 0.3) is 0 Å². The third-order valence-corrected chi connectivity index (χ3v) is 5.11. The lowest BCUT2D eigenvalue weighted by atomic mass is 10.0. The van der Waals surface area contributed by atoms with Crippen molar-refractivity contribution in [1.82, 2.24) is 5.32 Å². The monoisotopic (exact) mass is 485 g/mol. The van der Waals surface area contributed by atoms with Crippen LogP contribution in [0.1, 0.15) is 30.6 Å². The van der Waals surface area contributed by atoms with Gasteiger partial charge in [-0.15, -0.1) is 0 Å². The summed E-state index contributed by atoms with van der Waals surface area (Å²) >= 11 is 0. The van der Waals surface area contributed by atoms with Gasteiger partial charge in [-0.3, -0.25) is 14.4 Å². The fourth-order valence-corrected chi connectivity index (χ4v) is 3.19. The van der Waals surface area contributed by atoms with Crippen LogP contribution < -0.4 is 25.4 Å². The first-order valence-electron chi connectivity index (χ1n) is 11.0. The third-order valence-electron chi connectivity index (χ3n) is 5.11. The van der Waals surface area contributed by atoms with Crippen LogP contribution >= 0.6 is 0 Å². The molecule has 1 atom stereocenters. The molecule has 188 valence electrons. The highest BCUT2D eigenvalue weighted by Crippen LogP contribution is 2.23. The zero-order valence-corrected chi connectivity index (χ0v) is 20.3. The number of rotatable bonds is 12. The van der Waals surface area contributed by atoms with Crippen LogP contribution in [0.4, 0.5) is 5.69 Å². The number of carbonyl (C=O) groups is 4. The first kappa shape index (κ1) is 27.2. The summed E-state index contributed by atoms with van der Waals surface area (Å²) in [6.07, 6.45) is -0.0523. The SMILES string of the molecule is COc1cc(OC)cc(C(=O)N[C@H](C(=O)OCC(=O)N(CCC(N)=O)c2ccccc2)C(C)C)c1. The van der Waals surface area contributed by atoms with Crippen LogP contribution in [0, 0.1) is 5.92 Å². The Morgan fingerprint density at radius 2 is 1.57 bits per heavy atom. The molecular formula is C25H31N3O7. The van der Waals surface area contributed by atoms with Crippen molar-refractivity contribution in [3.05, 3.63) is 54.1 Å². The third kappa shape index (κ3) is 8.02. The van der Waals surface area contributed by atoms with Gasteiger partial charge in [-0.1, -0.05) is 32.0 Å². The van der Waals surface area contributed by atoms with Gasteiger partial charge in [0.15, 0.2) is 6.61 Å². The highest BCUT2D eigenvalue weighted by Gasteiger charge is 2.28. The Kier molecular flexibility index (Phi) is 10.1. The summed E-state index contributed by atoms with van der Waals surface area (Å²) in [6.45, 7) is 2.95. The van der Waals surface area contributed by atoms with E-state index in [2.05, 4.69) is 5.32 Å². The van der Waals surface area contributed by atoms with Gasteiger partial charge in [0.2, 0.25) is 5.91 Å². The first-order chi connectivity index (χ1) is 16.7. The maximum absolute atomic E-state index is 12.8. The number of ether oxygens (including phenoxy) is 3. The number of esters is 1. The van der Waals surface area contributed by atoms with E-state index in [1.807, 2.05) is 0 Å². The van der Waals surface area contributed by atoms with E-state index in [9.17, 15) is 19.2 Å². The van der Waals surface area contributed by atoms with Crippen molar-refractivity contribution in [2.75, 3.05) is 32.3 Å². The molecule has 0 radical (unpaired) electrons. The second-order valence-electron chi connectivity index (χ2n) is 8.00. The molecule has 0 aliphatic rings. The van der Waals surface area contributed by atoms with E-state index in [1.54, 1.807) is 50.2 Å². The molecule has 0 fully saturated rings. The molecule has 0 aromatic heterocycles. The van der Waals surface area contributed by atoms with Crippen LogP contribution in [0.15, 0.2) is 48.5 Å². The van der Waals surface area contributed by atoms with Crippen LogP contribution in [0.2, 0.25) is 0 Å². The highest BCUT2D eigenvalue weighted by atomic mass is 16.5. The smallest absolute Gasteiger partial charge is 0.329 e. The number of carbonyl (C=O) groups excluding carboxylic acids is 4. The molecule has 0 aliphatic carbocycles. The number of nitrogens with zero attached hydrogens (tertiary/aromatic N) is 1. The summed E-state index contributed by atoms with van der Waals surface area (Å²) in [5, 5.41) is 2.65. The summed E-state index contributed by atoms with van der Waals surface area (Å²) < 4.78 is 15.6. The normalized spacial score (nSPS) is 11.3. The lowest BCUT2D eigenvalue weighted by Crippen LogP contribution is -2.46. The van der Waals surface area contributed by atoms with Gasteiger partial charge in [-0.25, -0.2) is 4.79 Å². The van der Waals surface area contributed by atoms with Crippen molar-refractivity contribution < 1.29 is 33.4 Å². The zero-order valence-electron chi connectivity index (χ0n) is 20.3. The molecule has 0 spiro atoms. The highest BCUT2D eigenvalue weighted by molar-refractivity contribution is 5.99. The number of anilines is 1. The van der Waals surface area contributed by atoms with Crippen molar-refractivity contribution in [2.24, 2.45) is 11.7 Å². The van der Waals surface area contributed by atoms with Gasteiger partial charge in [0.05, 0.1) is 14.2 Å². The van der Waals surface area contributed by atoms with Gasteiger partial charge >= 0.3 is 5.97 Å². The molecule has 2 rings (SSSR count). The molecule has 2 aromatic rings. The molecule has 3 amide bonds. The molecular weight excluding hydrogens is 454 g/mol. The van der Waals surface area contributed by atoms with Crippen molar-refractivity contribution >= 4 is 29.4 Å². The van der Waals surface area contributed by atoms with E-state index in [-0.39, 0.29) is 24.4 Å². The van der Waals surface area contributed by atoms with E-state index in [4.69, 9.17) is 19.9 Å². The van der Waals surface area contributed by atoms with Gasteiger partial charge in [0, 0.05) is 30.3 Å². The number of primary amides is 1. The Bertz CT molecular complexity index is 1020. The van der Waals surface area contributed by atoms with E-state index >= 15 is 0 Å². The number of methoxy groups -OCH3 is 2. The average molecular weight is 486 g/mol. The number of hydrogen-bond donors (Lipinski definition) is 2. The van der Waals surface area contributed by atoms with Crippen LogP contribution in [0.5, 0.6) is 11.5 Å². The van der Waals surface area contributed by atoms with Crippen LogP contribution in [0.3, 0.4) is 0 Å². The van der Waals surface area contributed by atoms with Crippen molar-refractivity contribution in [3.8, 4) is 11.5 Å². The summed E-state index contributed by atoms with van der Waals surface area (Å²) in [5.74, 6) is -1.88. The second-order valence-corrected chi connectivity index (χ2v) is 8.00. The average Bonchev–Trinajstić information content (AvgIpc) is 2.85. The summed E-state index contributed by atoms with van der Waals surface area (Å²) in [7, 11) is 2.92. The minimum Gasteiger partial charge on any atom is -0.497 e. The molecule has 2 aromatic carbocycles. The molecule has 0 saturated carbocycles. The van der Waals surface area contributed by atoms with Gasteiger partial charge in [0.25, 0.3) is 11.8 Å². The molecule has 10 heteroatoms. The van der Waals surface area contributed by atoms with E-state index in [0.29, 0.717) is 17.2 Å². The van der Waals surface area contributed by atoms with Gasteiger partial charge in [-0.2, -0.15) is 0 Å². The molecule has 3 N–H and O–H groups in total. The molecule has 10 nitrogen and oxygen atoms in total. The lowest BCUT2D eigenvalue weighted by Gasteiger charge is -2.24. The zero-order chi connectivity index (χ0) is 26.0. The van der Waals surface area contributed by atoms with E-state index in [0.717, 1.165) is 0 Å². The molecule has 0 saturated heterocycles. The largest absolute Gasteiger partial charge is 0.497 e. The Labute approximate surface area is 204 Å². The lowest BCUT2D eigenvalue weighted by molar-refractivity contribution is -0.150. The maximum Gasteiger partial charge on any atom is 0.329 e. The number of hydrogen-bond acceptors (Lipinski definition) is 7. The number of benzene rings is 2. The number of nitrogens with one attached hydrogen (secondary N) is 1. The maximum atomic E-state index is 12.8. The summed E-state index contributed by atoms with van der Waals surface area (Å²) in [6, 6.07) is 12.3. The van der Waals surface area contributed by atoms with Gasteiger partial charge in [0.1, 0.15) is 17.5 Å². The van der Waals surface area contributed by atoms with Crippen molar-refractivity contribution in [3.63, 3.8) is 0 Å². The van der Waals surface area contributed by atoms with E-state index < -0.39 is 36.3 Å². The Morgan fingerprint density at radius 3 is 2.09 bits per heavy atom. The van der Waals surface area contributed by atoms with Gasteiger partial charge in [-0.05, 0) is 30.2 Å². The predicted molar refractivity (Wildman–Crippen MR) is 129 cm³/mol.